The van der Waals surface area contributed by atoms with Gasteiger partial charge in [0.05, 0.1) is 11.0 Å². The number of imidazole rings is 1. The van der Waals surface area contributed by atoms with Gasteiger partial charge >= 0.3 is 0 Å². The molecule has 0 aliphatic heterocycles. The van der Waals surface area contributed by atoms with E-state index in [1.54, 1.807) is 0 Å². The van der Waals surface area contributed by atoms with Crippen molar-refractivity contribution in [1.29, 1.82) is 0 Å². The average molecular weight is 245 g/mol. The number of aryl methyl sites for hydroxylation is 1. The van der Waals surface area contributed by atoms with Gasteiger partial charge in [0.2, 0.25) is 0 Å². The molecule has 0 bridgehead atoms. The predicted octanol–water partition coefficient (Wildman–Crippen LogP) is 2.97. The second kappa shape index (κ2) is 5.53. The van der Waals surface area contributed by atoms with Gasteiger partial charge in [0, 0.05) is 19.0 Å². The average Bonchev–Trinajstić information content (AvgIpc) is 2.68. The Balaban J connectivity index is 2.41. The third kappa shape index (κ3) is 2.56. The number of aromatic nitrogens is 2. The second-order valence-corrected chi connectivity index (χ2v) is 5.29. The monoisotopic (exact) mass is 245 g/mol. The van der Waals surface area contributed by atoms with Gasteiger partial charge in [0.15, 0.2) is 0 Å². The van der Waals surface area contributed by atoms with Crippen LogP contribution < -0.4 is 5.73 Å². The highest BCUT2D eigenvalue weighted by molar-refractivity contribution is 5.75. The van der Waals surface area contributed by atoms with Crippen LogP contribution in [-0.2, 0) is 13.0 Å². The zero-order valence-electron chi connectivity index (χ0n) is 11.6. The van der Waals surface area contributed by atoms with Crippen molar-refractivity contribution in [2.75, 3.05) is 0 Å². The number of benzene rings is 1. The molecule has 0 saturated heterocycles. The molecule has 0 fully saturated rings. The van der Waals surface area contributed by atoms with Crippen molar-refractivity contribution < 1.29 is 0 Å². The normalized spacial score (nSPS) is 13.4. The molecule has 2 rings (SSSR count). The van der Waals surface area contributed by atoms with Gasteiger partial charge in [-0.25, -0.2) is 4.98 Å². The first kappa shape index (κ1) is 13.1. The molecule has 98 valence electrons. The molecule has 0 aliphatic carbocycles. The van der Waals surface area contributed by atoms with Crippen molar-refractivity contribution in [3.05, 3.63) is 30.1 Å². The predicted molar refractivity (Wildman–Crippen MR) is 76.5 cm³/mol. The van der Waals surface area contributed by atoms with E-state index < -0.39 is 0 Å². The highest BCUT2D eigenvalue weighted by atomic mass is 15.1. The highest BCUT2D eigenvalue weighted by Gasteiger charge is 2.14. The quantitative estimate of drug-likeness (QED) is 0.880. The molecule has 0 aliphatic rings. The number of fused-ring (bicyclic) bond motifs is 1. The van der Waals surface area contributed by atoms with Crippen LogP contribution in [0.1, 0.15) is 33.0 Å². The van der Waals surface area contributed by atoms with E-state index in [4.69, 9.17) is 10.7 Å². The van der Waals surface area contributed by atoms with Crippen molar-refractivity contribution in [3.8, 4) is 0 Å². The summed E-state index contributed by atoms with van der Waals surface area (Å²) in [5, 5.41) is 0. The summed E-state index contributed by atoms with van der Waals surface area (Å²) >= 11 is 0. The Bertz CT molecular complexity index is 513. The van der Waals surface area contributed by atoms with Crippen LogP contribution >= 0.6 is 0 Å². The summed E-state index contributed by atoms with van der Waals surface area (Å²) in [6.07, 6.45) is 2.12. The molecule has 1 heterocycles. The minimum Gasteiger partial charge on any atom is -0.326 e. The van der Waals surface area contributed by atoms with Crippen LogP contribution in [0, 0.1) is 5.92 Å². The molecule has 2 N–H and O–H groups in total. The van der Waals surface area contributed by atoms with Crippen LogP contribution in [0.5, 0.6) is 0 Å². The molecule has 1 atom stereocenters. The Kier molecular flexibility index (Phi) is 4.02. The Morgan fingerprint density at radius 3 is 2.67 bits per heavy atom. The van der Waals surface area contributed by atoms with Crippen molar-refractivity contribution >= 4 is 11.0 Å². The Morgan fingerprint density at radius 1 is 1.28 bits per heavy atom. The zero-order chi connectivity index (χ0) is 13.1. The number of para-hydroxylation sites is 2. The number of nitrogens with two attached hydrogens (primary N) is 1. The van der Waals surface area contributed by atoms with Gasteiger partial charge in [-0.3, -0.25) is 0 Å². The Morgan fingerprint density at radius 2 is 2.00 bits per heavy atom. The molecule has 1 aromatic carbocycles. The standard InChI is InChI=1S/C15H23N3/c1-4-7-15-17-13-8-5-6-9-14(13)18(15)10-12(16)11(2)3/h5-6,8-9,11-12H,4,7,10,16H2,1-3H3. The van der Waals surface area contributed by atoms with Gasteiger partial charge in [-0.15, -0.1) is 0 Å². The maximum absolute atomic E-state index is 6.22. The van der Waals surface area contributed by atoms with E-state index in [2.05, 4.69) is 43.5 Å². The maximum Gasteiger partial charge on any atom is 0.109 e. The van der Waals surface area contributed by atoms with Gasteiger partial charge in [-0.1, -0.05) is 32.9 Å². The van der Waals surface area contributed by atoms with Crippen molar-refractivity contribution in [3.63, 3.8) is 0 Å². The fraction of sp³-hybridized carbons (Fsp3) is 0.533. The van der Waals surface area contributed by atoms with Gasteiger partial charge in [-0.05, 0) is 24.5 Å². The maximum atomic E-state index is 6.22. The molecular formula is C15H23N3. The summed E-state index contributed by atoms with van der Waals surface area (Å²) in [6, 6.07) is 8.49. The summed E-state index contributed by atoms with van der Waals surface area (Å²) < 4.78 is 2.30. The Labute approximate surface area is 109 Å². The van der Waals surface area contributed by atoms with Crippen molar-refractivity contribution in [1.82, 2.24) is 9.55 Å². The second-order valence-electron chi connectivity index (χ2n) is 5.29. The summed E-state index contributed by atoms with van der Waals surface area (Å²) in [6.45, 7) is 7.38. The molecule has 0 spiro atoms. The summed E-state index contributed by atoms with van der Waals surface area (Å²) in [4.78, 5) is 4.72. The fourth-order valence-electron chi connectivity index (χ4n) is 2.17. The highest BCUT2D eigenvalue weighted by Crippen LogP contribution is 2.18. The molecule has 3 nitrogen and oxygen atoms in total. The minimum absolute atomic E-state index is 0.179. The molecular weight excluding hydrogens is 222 g/mol. The third-order valence-electron chi connectivity index (χ3n) is 3.46. The third-order valence-corrected chi connectivity index (χ3v) is 3.46. The lowest BCUT2D eigenvalue weighted by Crippen LogP contribution is -2.32. The first-order chi connectivity index (χ1) is 8.63. The molecule has 1 aromatic heterocycles. The van der Waals surface area contributed by atoms with E-state index in [9.17, 15) is 0 Å². The van der Waals surface area contributed by atoms with E-state index >= 15 is 0 Å². The van der Waals surface area contributed by atoms with E-state index in [1.165, 1.54) is 5.52 Å². The van der Waals surface area contributed by atoms with Crippen LogP contribution in [0.25, 0.3) is 11.0 Å². The lowest BCUT2D eigenvalue weighted by Gasteiger charge is -2.18. The summed E-state index contributed by atoms with van der Waals surface area (Å²) in [5.41, 5.74) is 8.50. The smallest absolute Gasteiger partial charge is 0.109 e. The minimum atomic E-state index is 0.179. The van der Waals surface area contributed by atoms with Crippen molar-refractivity contribution in [2.45, 2.75) is 46.2 Å². The molecule has 18 heavy (non-hydrogen) atoms. The van der Waals surface area contributed by atoms with Gasteiger partial charge < -0.3 is 10.3 Å². The zero-order valence-corrected chi connectivity index (χ0v) is 11.6. The lowest BCUT2D eigenvalue weighted by molar-refractivity contribution is 0.431. The largest absolute Gasteiger partial charge is 0.326 e. The SMILES string of the molecule is CCCc1nc2ccccc2n1CC(N)C(C)C. The van der Waals surface area contributed by atoms with Gasteiger partial charge in [-0.2, -0.15) is 0 Å². The Hall–Kier alpha value is -1.35. The van der Waals surface area contributed by atoms with Gasteiger partial charge in [0.25, 0.3) is 0 Å². The molecule has 0 saturated carbocycles. The summed E-state index contributed by atoms with van der Waals surface area (Å²) in [5.74, 6) is 1.65. The van der Waals surface area contributed by atoms with E-state index in [1.807, 2.05) is 6.07 Å². The van der Waals surface area contributed by atoms with Gasteiger partial charge in [0.1, 0.15) is 5.82 Å². The van der Waals surface area contributed by atoms with Crippen LogP contribution in [0.2, 0.25) is 0 Å². The number of hydrogen-bond acceptors (Lipinski definition) is 2. The first-order valence-corrected chi connectivity index (χ1v) is 6.83. The molecule has 2 aromatic rings. The lowest BCUT2D eigenvalue weighted by atomic mass is 10.1. The number of hydrogen-bond donors (Lipinski definition) is 1. The van der Waals surface area contributed by atoms with Crippen molar-refractivity contribution in [2.24, 2.45) is 11.7 Å². The van der Waals surface area contributed by atoms with E-state index in [-0.39, 0.29) is 6.04 Å². The van der Waals surface area contributed by atoms with Crippen LogP contribution in [0.15, 0.2) is 24.3 Å². The topological polar surface area (TPSA) is 43.8 Å². The fourth-order valence-corrected chi connectivity index (χ4v) is 2.17. The molecule has 3 heteroatoms. The summed E-state index contributed by atoms with van der Waals surface area (Å²) in [7, 11) is 0. The molecule has 1 unspecified atom stereocenters. The first-order valence-electron chi connectivity index (χ1n) is 6.83. The van der Waals surface area contributed by atoms with Crippen LogP contribution in [0.3, 0.4) is 0 Å². The number of nitrogens with zero attached hydrogens (tertiary/aromatic N) is 2. The van der Waals surface area contributed by atoms with Crippen LogP contribution in [-0.4, -0.2) is 15.6 Å². The van der Waals surface area contributed by atoms with Crippen LogP contribution in [0.4, 0.5) is 0 Å². The van der Waals surface area contributed by atoms with E-state index in [0.29, 0.717) is 5.92 Å². The molecule has 0 radical (unpaired) electrons. The van der Waals surface area contributed by atoms with E-state index in [0.717, 1.165) is 30.7 Å². The molecule has 0 amide bonds. The number of rotatable bonds is 5.